The van der Waals surface area contributed by atoms with Gasteiger partial charge in [-0.3, -0.25) is 0 Å². The van der Waals surface area contributed by atoms with E-state index in [0.717, 1.165) is 13.0 Å². The maximum Gasteiger partial charge on any atom is 0.140 e. The van der Waals surface area contributed by atoms with Gasteiger partial charge in [0.2, 0.25) is 0 Å². The molecule has 0 aliphatic carbocycles. The Balaban J connectivity index is 2.54. The van der Waals surface area contributed by atoms with Crippen molar-refractivity contribution in [3.05, 3.63) is 35.4 Å². The molecule has 1 aromatic rings. The van der Waals surface area contributed by atoms with Gasteiger partial charge >= 0.3 is 0 Å². The summed E-state index contributed by atoms with van der Waals surface area (Å²) in [6.45, 7) is 4.73. The lowest BCUT2D eigenvalue weighted by atomic mass is 10.0. The predicted octanol–water partition coefficient (Wildman–Crippen LogP) is 0.0557. The highest BCUT2D eigenvalue weighted by atomic mass is 16.3. The minimum Gasteiger partial charge on any atom is -0.390 e. The Hall–Kier alpha value is -0.900. The standard InChI is InChI=1S/C13H21NO2/c1-3-11-4-6-12(7-5-11)8-14-13(2,9-15)10-16/h4-7,14-16H,3,8-10H2,1-2H3/p+1. The monoisotopic (exact) mass is 224 g/mol. The molecule has 0 saturated carbocycles. The van der Waals surface area contributed by atoms with Crippen molar-refractivity contribution in [1.29, 1.82) is 0 Å². The molecule has 0 saturated heterocycles. The molecule has 1 rings (SSSR count). The van der Waals surface area contributed by atoms with Crippen molar-refractivity contribution >= 4 is 0 Å². The van der Waals surface area contributed by atoms with Crippen LogP contribution in [0.4, 0.5) is 0 Å². The van der Waals surface area contributed by atoms with E-state index in [1.165, 1.54) is 11.1 Å². The van der Waals surface area contributed by atoms with Crippen molar-refractivity contribution in [3.63, 3.8) is 0 Å². The molecule has 0 aliphatic rings. The van der Waals surface area contributed by atoms with Gasteiger partial charge in [-0.25, -0.2) is 0 Å². The first-order chi connectivity index (χ1) is 7.63. The molecule has 0 bridgehead atoms. The average Bonchev–Trinajstić information content (AvgIpc) is 2.36. The van der Waals surface area contributed by atoms with E-state index in [4.69, 9.17) is 10.2 Å². The molecule has 0 spiro atoms. The summed E-state index contributed by atoms with van der Waals surface area (Å²) in [6, 6.07) is 8.45. The zero-order valence-electron chi connectivity index (χ0n) is 10.1. The predicted molar refractivity (Wildman–Crippen MR) is 64.0 cm³/mol. The molecule has 3 heteroatoms. The second kappa shape index (κ2) is 5.99. The van der Waals surface area contributed by atoms with Crippen LogP contribution in [0.15, 0.2) is 24.3 Å². The lowest BCUT2D eigenvalue weighted by molar-refractivity contribution is -0.741. The van der Waals surface area contributed by atoms with Gasteiger partial charge in [-0.1, -0.05) is 31.2 Å². The van der Waals surface area contributed by atoms with Crippen molar-refractivity contribution in [1.82, 2.24) is 0 Å². The molecule has 0 aliphatic heterocycles. The fourth-order valence-electron chi connectivity index (χ4n) is 1.45. The van der Waals surface area contributed by atoms with Crippen LogP contribution in [0, 0.1) is 0 Å². The van der Waals surface area contributed by atoms with Gasteiger partial charge in [0.25, 0.3) is 0 Å². The maximum absolute atomic E-state index is 9.15. The summed E-state index contributed by atoms with van der Waals surface area (Å²) in [5, 5.41) is 20.3. The second-order valence-corrected chi connectivity index (χ2v) is 4.55. The van der Waals surface area contributed by atoms with E-state index in [9.17, 15) is 0 Å². The summed E-state index contributed by atoms with van der Waals surface area (Å²) >= 11 is 0. The zero-order valence-corrected chi connectivity index (χ0v) is 10.1. The number of quaternary nitrogens is 1. The Morgan fingerprint density at radius 3 is 2.00 bits per heavy atom. The van der Waals surface area contributed by atoms with Crippen LogP contribution in [-0.4, -0.2) is 29.0 Å². The molecule has 3 nitrogen and oxygen atoms in total. The maximum atomic E-state index is 9.15. The molecular formula is C13H22NO2+. The molecule has 1 aromatic carbocycles. The van der Waals surface area contributed by atoms with Crippen molar-refractivity contribution in [2.45, 2.75) is 32.4 Å². The molecule has 0 aromatic heterocycles. The van der Waals surface area contributed by atoms with Crippen LogP contribution in [0.3, 0.4) is 0 Å². The highest BCUT2D eigenvalue weighted by molar-refractivity contribution is 5.21. The minimum atomic E-state index is -0.483. The smallest absolute Gasteiger partial charge is 0.140 e. The first kappa shape index (κ1) is 13.2. The summed E-state index contributed by atoms with van der Waals surface area (Å²) in [7, 11) is 0. The van der Waals surface area contributed by atoms with Gasteiger partial charge < -0.3 is 15.5 Å². The van der Waals surface area contributed by atoms with Gasteiger partial charge in [0, 0.05) is 5.56 Å². The number of nitrogens with two attached hydrogens (primary N) is 1. The van der Waals surface area contributed by atoms with Crippen LogP contribution in [0.25, 0.3) is 0 Å². The van der Waals surface area contributed by atoms with Crippen molar-refractivity contribution in [2.75, 3.05) is 13.2 Å². The SMILES string of the molecule is CCc1ccc(C[NH2+]C(C)(CO)CO)cc1. The highest BCUT2D eigenvalue weighted by Crippen LogP contribution is 2.04. The third kappa shape index (κ3) is 3.59. The summed E-state index contributed by atoms with van der Waals surface area (Å²) in [6.07, 6.45) is 1.05. The molecular weight excluding hydrogens is 202 g/mol. The average molecular weight is 224 g/mol. The van der Waals surface area contributed by atoms with E-state index >= 15 is 0 Å². The van der Waals surface area contributed by atoms with Gasteiger partial charge in [-0.15, -0.1) is 0 Å². The van der Waals surface area contributed by atoms with Crippen molar-refractivity contribution in [2.24, 2.45) is 0 Å². The van der Waals surface area contributed by atoms with E-state index in [1.54, 1.807) is 0 Å². The van der Waals surface area contributed by atoms with E-state index in [2.05, 4.69) is 31.2 Å². The van der Waals surface area contributed by atoms with Crippen LogP contribution in [0.5, 0.6) is 0 Å². The number of aliphatic hydroxyl groups excluding tert-OH is 2. The van der Waals surface area contributed by atoms with E-state index < -0.39 is 5.54 Å². The van der Waals surface area contributed by atoms with E-state index in [-0.39, 0.29) is 13.2 Å². The number of aliphatic hydroxyl groups is 2. The molecule has 0 radical (unpaired) electrons. The third-order valence-electron chi connectivity index (χ3n) is 2.98. The Kier molecular flexibility index (Phi) is 4.93. The normalized spacial score (nSPS) is 11.8. The Labute approximate surface area is 97.1 Å². The largest absolute Gasteiger partial charge is 0.390 e. The van der Waals surface area contributed by atoms with Crippen LogP contribution < -0.4 is 5.32 Å². The molecule has 0 unspecified atom stereocenters. The van der Waals surface area contributed by atoms with Gasteiger partial charge in [0.05, 0.1) is 13.2 Å². The quantitative estimate of drug-likeness (QED) is 0.640. The number of aryl methyl sites for hydroxylation is 1. The molecule has 16 heavy (non-hydrogen) atoms. The fourth-order valence-corrected chi connectivity index (χ4v) is 1.45. The molecule has 0 heterocycles. The van der Waals surface area contributed by atoms with Crippen LogP contribution in [0.1, 0.15) is 25.0 Å². The number of rotatable bonds is 6. The Bertz CT molecular complexity index is 304. The van der Waals surface area contributed by atoms with Gasteiger partial charge in [0.1, 0.15) is 12.1 Å². The minimum absolute atomic E-state index is 0.0173. The fraction of sp³-hybridized carbons (Fsp3) is 0.538. The van der Waals surface area contributed by atoms with E-state index in [0.29, 0.717) is 0 Å². The zero-order chi connectivity index (χ0) is 12.0. The Morgan fingerprint density at radius 2 is 1.56 bits per heavy atom. The first-order valence-electron chi connectivity index (χ1n) is 5.77. The lowest BCUT2D eigenvalue weighted by Crippen LogP contribution is -2.97. The number of benzene rings is 1. The Morgan fingerprint density at radius 1 is 1.06 bits per heavy atom. The summed E-state index contributed by atoms with van der Waals surface area (Å²) < 4.78 is 0. The van der Waals surface area contributed by atoms with Gasteiger partial charge in [-0.2, -0.15) is 0 Å². The summed E-state index contributed by atoms with van der Waals surface area (Å²) in [5.74, 6) is 0. The van der Waals surface area contributed by atoms with Crippen molar-refractivity contribution in [3.8, 4) is 0 Å². The number of hydrogen-bond acceptors (Lipinski definition) is 2. The molecule has 0 amide bonds. The molecule has 0 fully saturated rings. The van der Waals surface area contributed by atoms with Gasteiger partial charge in [-0.05, 0) is 18.9 Å². The first-order valence-corrected chi connectivity index (χ1v) is 5.77. The lowest BCUT2D eigenvalue weighted by Gasteiger charge is -2.22. The summed E-state index contributed by atoms with van der Waals surface area (Å²) in [5.41, 5.74) is 2.06. The molecule has 0 atom stereocenters. The number of hydrogen-bond donors (Lipinski definition) is 3. The second-order valence-electron chi connectivity index (χ2n) is 4.55. The highest BCUT2D eigenvalue weighted by Gasteiger charge is 2.25. The van der Waals surface area contributed by atoms with Crippen LogP contribution in [0.2, 0.25) is 0 Å². The third-order valence-corrected chi connectivity index (χ3v) is 2.98. The van der Waals surface area contributed by atoms with Crippen molar-refractivity contribution < 1.29 is 15.5 Å². The van der Waals surface area contributed by atoms with Crippen LogP contribution in [-0.2, 0) is 13.0 Å². The summed E-state index contributed by atoms with van der Waals surface area (Å²) in [4.78, 5) is 0. The van der Waals surface area contributed by atoms with E-state index in [1.807, 2.05) is 12.2 Å². The van der Waals surface area contributed by atoms with Crippen LogP contribution >= 0.6 is 0 Å². The topological polar surface area (TPSA) is 57.1 Å². The van der Waals surface area contributed by atoms with Gasteiger partial charge in [0.15, 0.2) is 0 Å². The molecule has 4 N–H and O–H groups in total. The molecule has 90 valence electrons.